The molecule has 5 nitrogen and oxygen atoms in total. The Hall–Kier alpha value is -2.95. The van der Waals surface area contributed by atoms with Gasteiger partial charge in [-0.2, -0.15) is 5.10 Å². The molecule has 5 heteroatoms. The maximum Gasteiger partial charge on any atom is 0.270 e. The van der Waals surface area contributed by atoms with Crippen molar-refractivity contribution >= 4 is 28.7 Å². The molecule has 1 heterocycles. The molecular weight excluding hydrogens is 254 g/mol. The highest BCUT2D eigenvalue weighted by Crippen LogP contribution is 2.17. The van der Waals surface area contributed by atoms with Gasteiger partial charge in [0.2, 0.25) is 0 Å². The first-order chi connectivity index (χ1) is 9.72. The van der Waals surface area contributed by atoms with E-state index in [0.29, 0.717) is 0 Å². The van der Waals surface area contributed by atoms with Gasteiger partial charge in [0, 0.05) is 17.5 Å². The summed E-state index contributed by atoms with van der Waals surface area (Å²) in [6.45, 7) is 0. The van der Waals surface area contributed by atoms with Gasteiger partial charge in [-0.25, -0.2) is 0 Å². The number of nitro groups is 1. The van der Waals surface area contributed by atoms with Crippen molar-refractivity contribution in [3.63, 3.8) is 0 Å². The second-order valence-electron chi connectivity index (χ2n) is 4.40. The van der Waals surface area contributed by atoms with E-state index < -0.39 is 4.92 Å². The average Bonchev–Trinajstić information content (AvgIpc) is 2.93. The highest BCUT2D eigenvalue weighted by molar-refractivity contribution is 5.82. The molecule has 0 atom stereocenters. The Morgan fingerprint density at radius 3 is 2.70 bits per heavy atom. The number of aromatic amines is 1. The zero-order chi connectivity index (χ0) is 13.9. The lowest BCUT2D eigenvalue weighted by Gasteiger charge is -1.96. The number of rotatable bonds is 3. The first-order valence-corrected chi connectivity index (χ1v) is 6.08. The van der Waals surface area contributed by atoms with Crippen LogP contribution in [-0.4, -0.2) is 15.1 Å². The molecule has 0 radical (unpaired) electrons. The smallest absolute Gasteiger partial charge is 0.270 e. The van der Waals surface area contributed by atoms with Crippen LogP contribution in [0.3, 0.4) is 0 Å². The Balaban J connectivity index is 1.89. The molecular formula is C15H11N3O2. The lowest BCUT2D eigenvalue weighted by Crippen LogP contribution is -1.87. The molecule has 0 bridgehead atoms. The molecule has 0 amide bonds. The van der Waals surface area contributed by atoms with Crippen LogP contribution in [0.25, 0.3) is 23.1 Å². The molecule has 0 saturated carbocycles. The Kier molecular flexibility index (Phi) is 3.01. The van der Waals surface area contributed by atoms with Gasteiger partial charge in [0.15, 0.2) is 0 Å². The number of benzene rings is 2. The van der Waals surface area contributed by atoms with Crippen molar-refractivity contribution in [2.45, 2.75) is 0 Å². The lowest BCUT2D eigenvalue weighted by molar-refractivity contribution is -0.384. The van der Waals surface area contributed by atoms with E-state index >= 15 is 0 Å². The molecule has 98 valence electrons. The standard InChI is InChI=1S/C15H11N3O2/c19-18(20)14-3-1-2-11(8-14)4-5-12-6-7-13-10-16-17-15(13)9-12/h1-10H,(H,16,17). The van der Waals surface area contributed by atoms with Crippen LogP contribution in [-0.2, 0) is 0 Å². The number of aromatic nitrogens is 2. The topological polar surface area (TPSA) is 71.8 Å². The molecule has 3 aromatic rings. The van der Waals surface area contributed by atoms with E-state index in [4.69, 9.17) is 0 Å². The van der Waals surface area contributed by atoms with Crippen LogP contribution in [0, 0.1) is 10.1 Å². The maximum atomic E-state index is 10.7. The Morgan fingerprint density at radius 1 is 1.10 bits per heavy atom. The lowest BCUT2D eigenvalue weighted by atomic mass is 10.1. The average molecular weight is 265 g/mol. The molecule has 0 saturated heterocycles. The number of hydrogen-bond acceptors (Lipinski definition) is 3. The van der Waals surface area contributed by atoms with Gasteiger partial charge in [-0.15, -0.1) is 0 Å². The van der Waals surface area contributed by atoms with E-state index in [1.54, 1.807) is 18.3 Å². The number of H-pyrrole nitrogens is 1. The molecule has 0 aliphatic heterocycles. The number of nitro benzene ring substituents is 1. The Morgan fingerprint density at radius 2 is 1.90 bits per heavy atom. The van der Waals surface area contributed by atoms with Crippen LogP contribution in [0.5, 0.6) is 0 Å². The summed E-state index contributed by atoms with van der Waals surface area (Å²) in [5.41, 5.74) is 2.86. The number of nitrogens with one attached hydrogen (secondary N) is 1. The van der Waals surface area contributed by atoms with Crippen LogP contribution < -0.4 is 0 Å². The van der Waals surface area contributed by atoms with Gasteiger partial charge in [0.05, 0.1) is 16.6 Å². The van der Waals surface area contributed by atoms with E-state index in [-0.39, 0.29) is 5.69 Å². The van der Waals surface area contributed by atoms with Gasteiger partial charge >= 0.3 is 0 Å². The van der Waals surface area contributed by atoms with E-state index in [9.17, 15) is 10.1 Å². The summed E-state index contributed by atoms with van der Waals surface area (Å²) in [6.07, 6.45) is 5.53. The zero-order valence-corrected chi connectivity index (χ0v) is 10.5. The van der Waals surface area contributed by atoms with Crippen molar-refractivity contribution < 1.29 is 4.92 Å². The first-order valence-electron chi connectivity index (χ1n) is 6.08. The first kappa shape index (κ1) is 12.1. The van der Waals surface area contributed by atoms with E-state index in [1.807, 2.05) is 36.4 Å². The minimum Gasteiger partial charge on any atom is -0.278 e. The van der Waals surface area contributed by atoms with Crippen molar-refractivity contribution in [2.75, 3.05) is 0 Å². The SMILES string of the molecule is O=[N+]([O-])c1cccc(C=Cc2ccc3cn[nH]c3c2)c1. The molecule has 0 fully saturated rings. The van der Waals surface area contributed by atoms with Crippen LogP contribution in [0.2, 0.25) is 0 Å². The number of non-ortho nitro benzene ring substituents is 1. The van der Waals surface area contributed by atoms with Crippen molar-refractivity contribution in [3.05, 3.63) is 69.9 Å². The van der Waals surface area contributed by atoms with Crippen molar-refractivity contribution in [3.8, 4) is 0 Å². The minimum absolute atomic E-state index is 0.0937. The number of nitrogens with zero attached hydrogens (tertiary/aromatic N) is 2. The van der Waals surface area contributed by atoms with Gasteiger partial charge in [-0.05, 0) is 17.2 Å². The fourth-order valence-electron chi connectivity index (χ4n) is 1.99. The second-order valence-corrected chi connectivity index (χ2v) is 4.40. The van der Waals surface area contributed by atoms with Gasteiger partial charge in [-0.3, -0.25) is 15.2 Å². The summed E-state index contributed by atoms with van der Waals surface area (Å²) in [6, 6.07) is 12.5. The van der Waals surface area contributed by atoms with Gasteiger partial charge in [-0.1, -0.05) is 36.4 Å². The summed E-state index contributed by atoms with van der Waals surface area (Å²) < 4.78 is 0. The summed E-state index contributed by atoms with van der Waals surface area (Å²) >= 11 is 0. The minimum atomic E-state index is -0.395. The fraction of sp³-hybridized carbons (Fsp3) is 0. The molecule has 0 spiro atoms. The Labute approximate surface area is 114 Å². The fourth-order valence-corrected chi connectivity index (χ4v) is 1.99. The molecule has 0 aliphatic carbocycles. The molecule has 1 N–H and O–H groups in total. The molecule has 2 aromatic carbocycles. The van der Waals surface area contributed by atoms with Gasteiger partial charge in [0.1, 0.15) is 0 Å². The van der Waals surface area contributed by atoms with Crippen LogP contribution in [0.1, 0.15) is 11.1 Å². The maximum absolute atomic E-state index is 10.7. The normalized spacial score (nSPS) is 11.2. The number of fused-ring (bicyclic) bond motifs is 1. The van der Waals surface area contributed by atoms with Gasteiger partial charge < -0.3 is 0 Å². The molecule has 1 aromatic heterocycles. The molecule has 0 unspecified atom stereocenters. The molecule has 20 heavy (non-hydrogen) atoms. The summed E-state index contributed by atoms with van der Waals surface area (Å²) in [5.74, 6) is 0. The molecule has 0 aliphatic rings. The van der Waals surface area contributed by atoms with E-state index in [1.165, 1.54) is 6.07 Å². The summed E-state index contributed by atoms with van der Waals surface area (Å²) in [4.78, 5) is 10.3. The highest BCUT2D eigenvalue weighted by Gasteiger charge is 2.03. The predicted octanol–water partition coefficient (Wildman–Crippen LogP) is 3.64. The van der Waals surface area contributed by atoms with Crippen LogP contribution >= 0.6 is 0 Å². The van der Waals surface area contributed by atoms with Crippen molar-refractivity contribution in [2.24, 2.45) is 0 Å². The second kappa shape index (κ2) is 4.97. The van der Waals surface area contributed by atoms with E-state index in [0.717, 1.165) is 22.0 Å². The molecule has 3 rings (SSSR count). The van der Waals surface area contributed by atoms with Crippen LogP contribution in [0.4, 0.5) is 5.69 Å². The quantitative estimate of drug-likeness (QED) is 0.446. The van der Waals surface area contributed by atoms with Crippen LogP contribution in [0.15, 0.2) is 48.7 Å². The summed E-state index contributed by atoms with van der Waals surface area (Å²) in [5, 5.41) is 18.6. The van der Waals surface area contributed by atoms with Crippen molar-refractivity contribution in [1.82, 2.24) is 10.2 Å². The third kappa shape index (κ3) is 2.42. The largest absolute Gasteiger partial charge is 0.278 e. The third-order valence-corrected chi connectivity index (χ3v) is 3.02. The predicted molar refractivity (Wildman–Crippen MR) is 78.1 cm³/mol. The highest BCUT2D eigenvalue weighted by atomic mass is 16.6. The zero-order valence-electron chi connectivity index (χ0n) is 10.5. The monoisotopic (exact) mass is 265 g/mol. The third-order valence-electron chi connectivity index (χ3n) is 3.02. The van der Waals surface area contributed by atoms with E-state index in [2.05, 4.69) is 10.2 Å². The van der Waals surface area contributed by atoms with Crippen molar-refractivity contribution in [1.29, 1.82) is 0 Å². The Bertz CT molecular complexity index is 805. The summed E-state index contributed by atoms with van der Waals surface area (Å²) in [7, 11) is 0. The van der Waals surface area contributed by atoms with Gasteiger partial charge in [0.25, 0.3) is 5.69 Å². The number of hydrogen-bond donors (Lipinski definition) is 1.